The lowest BCUT2D eigenvalue weighted by Gasteiger charge is -2.28. The lowest BCUT2D eigenvalue weighted by molar-refractivity contribution is -0.0502. The minimum atomic E-state index is -3.10. The molecule has 1 unspecified atom stereocenters. The minimum absolute atomic E-state index is 0.0352. The van der Waals surface area contributed by atoms with Gasteiger partial charge in [0.25, 0.3) is 0 Å². The number of rotatable bonds is 8. The van der Waals surface area contributed by atoms with Gasteiger partial charge in [-0.2, -0.15) is 8.78 Å². The fourth-order valence-corrected chi connectivity index (χ4v) is 5.12. The lowest BCUT2D eigenvalue weighted by atomic mass is 10.00. The lowest BCUT2D eigenvalue weighted by Crippen LogP contribution is -2.36. The predicted molar refractivity (Wildman–Crippen MR) is 140 cm³/mol. The summed E-state index contributed by atoms with van der Waals surface area (Å²) in [4.78, 5) is 32.0. The quantitative estimate of drug-likeness (QED) is 0.297. The van der Waals surface area contributed by atoms with Gasteiger partial charge in [-0.1, -0.05) is 0 Å². The number of fused-ring (bicyclic) bond motifs is 1. The molecule has 1 aromatic carbocycles. The highest BCUT2D eigenvalue weighted by Crippen LogP contribution is 2.41. The highest BCUT2D eigenvalue weighted by Gasteiger charge is 2.34. The first-order valence-electron chi connectivity index (χ1n) is 13.2. The molecule has 3 aromatic rings. The number of Topliss-reactive ketones (excluding diaryl/α,β-unsaturated/α-hetero) is 1. The third kappa shape index (κ3) is 5.84. The van der Waals surface area contributed by atoms with Crippen molar-refractivity contribution in [2.45, 2.75) is 71.1 Å². The first-order valence-corrected chi connectivity index (χ1v) is 13.2. The van der Waals surface area contributed by atoms with Crippen LogP contribution in [0.15, 0.2) is 36.7 Å². The van der Waals surface area contributed by atoms with E-state index in [0.29, 0.717) is 23.4 Å². The number of likely N-dealkylation sites (tertiary alicyclic amines) is 1. The number of pyridine rings is 1. The monoisotopic (exact) mass is 541 g/mol. The number of carbonyl (C=O) groups is 2. The van der Waals surface area contributed by atoms with Crippen LogP contribution in [0.4, 0.5) is 13.6 Å². The summed E-state index contributed by atoms with van der Waals surface area (Å²) in [5.74, 6) is -0.0272. The smallest absolute Gasteiger partial charge is 0.410 e. The van der Waals surface area contributed by atoms with E-state index in [1.165, 1.54) is 13.2 Å². The van der Waals surface area contributed by atoms with Gasteiger partial charge in [-0.15, -0.1) is 0 Å². The summed E-state index contributed by atoms with van der Waals surface area (Å²) in [6.45, 7) is 3.05. The van der Waals surface area contributed by atoms with Crippen molar-refractivity contribution in [1.29, 1.82) is 0 Å². The molecule has 0 bridgehead atoms. The average molecular weight is 542 g/mol. The average Bonchev–Trinajstić information content (AvgIpc) is 3.36. The molecule has 2 aliphatic rings. The maximum atomic E-state index is 13.3. The SMILES string of the molecule is COc1cc(-c2cnc3cc(C4CCCN4C(=O)OC(C)(C)C)ccn23)cc(OC(F)F)c1C(=O)CC1CC1. The Bertz CT molecular complexity index is 1390. The van der Waals surface area contributed by atoms with Crippen LogP contribution < -0.4 is 9.47 Å². The van der Waals surface area contributed by atoms with Gasteiger partial charge in [0.05, 0.1) is 25.0 Å². The summed E-state index contributed by atoms with van der Waals surface area (Å²) in [6, 6.07) is 6.79. The number of ketones is 1. The number of carbonyl (C=O) groups excluding carboxylic acids is 2. The maximum absolute atomic E-state index is 13.3. The number of imidazole rings is 1. The molecule has 3 heterocycles. The summed E-state index contributed by atoms with van der Waals surface area (Å²) in [7, 11) is 1.40. The number of nitrogens with zero attached hydrogens (tertiary/aromatic N) is 3. The fourth-order valence-electron chi connectivity index (χ4n) is 5.12. The van der Waals surface area contributed by atoms with Crippen LogP contribution in [0.1, 0.15) is 74.8 Å². The van der Waals surface area contributed by atoms with Crippen LogP contribution in [0.5, 0.6) is 11.5 Å². The van der Waals surface area contributed by atoms with Crippen molar-refractivity contribution in [3.8, 4) is 22.8 Å². The molecule has 2 fully saturated rings. The highest BCUT2D eigenvalue weighted by atomic mass is 19.3. The second-order valence-electron chi connectivity index (χ2n) is 11.2. The van der Waals surface area contributed by atoms with Gasteiger partial charge in [0.15, 0.2) is 5.78 Å². The largest absolute Gasteiger partial charge is 0.496 e. The molecule has 39 heavy (non-hydrogen) atoms. The van der Waals surface area contributed by atoms with Gasteiger partial charge in [0.1, 0.15) is 28.3 Å². The predicted octanol–water partition coefficient (Wildman–Crippen LogP) is 6.67. The molecule has 5 rings (SSSR count). The molecule has 2 aromatic heterocycles. The maximum Gasteiger partial charge on any atom is 0.410 e. The number of amides is 1. The van der Waals surface area contributed by atoms with Gasteiger partial charge < -0.3 is 19.1 Å². The highest BCUT2D eigenvalue weighted by molar-refractivity contribution is 6.02. The summed E-state index contributed by atoms with van der Waals surface area (Å²) < 4.78 is 44.4. The number of alkyl halides is 2. The van der Waals surface area contributed by atoms with E-state index in [0.717, 1.165) is 31.2 Å². The zero-order valence-corrected chi connectivity index (χ0v) is 22.6. The van der Waals surface area contributed by atoms with E-state index in [1.54, 1.807) is 17.2 Å². The van der Waals surface area contributed by atoms with Gasteiger partial charge in [-0.05, 0) is 82.2 Å². The van der Waals surface area contributed by atoms with Crippen LogP contribution in [0, 0.1) is 5.92 Å². The van der Waals surface area contributed by atoms with Gasteiger partial charge >= 0.3 is 12.7 Å². The van der Waals surface area contributed by atoms with Crippen molar-refractivity contribution in [2.75, 3.05) is 13.7 Å². The molecule has 1 saturated heterocycles. The molecule has 1 aliphatic carbocycles. The third-order valence-corrected chi connectivity index (χ3v) is 7.05. The van der Waals surface area contributed by atoms with E-state index in [4.69, 9.17) is 14.2 Å². The van der Waals surface area contributed by atoms with Crippen molar-refractivity contribution in [1.82, 2.24) is 14.3 Å². The Morgan fingerprint density at radius 2 is 1.87 bits per heavy atom. The van der Waals surface area contributed by atoms with Crippen molar-refractivity contribution in [3.05, 3.63) is 47.8 Å². The number of halogens is 2. The molecule has 208 valence electrons. The molecular weight excluding hydrogens is 508 g/mol. The molecule has 1 aliphatic heterocycles. The van der Waals surface area contributed by atoms with Crippen LogP contribution in [0.2, 0.25) is 0 Å². The number of hydrogen-bond donors (Lipinski definition) is 0. The Balaban J connectivity index is 1.48. The number of hydrogen-bond acceptors (Lipinski definition) is 6. The van der Waals surface area contributed by atoms with E-state index >= 15 is 0 Å². The van der Waals surface area contributed by atoms with E-state index in [1.807, 2.05) is 43.5 Å². The Labute approximate surface area is 225 Å². The fraction of sp³-hybridized carbons (Fsp3) is 0.483. The first kappa shape index (κ1) is 26.9. The van der Waals surface area contributed by atoms with Crippen LogP contribution in [0.3, 0.4) is 0 Å². The van der Waals surface area contributed by atoms with Crippen molar-refractivity contribution < 1.29 is 32.6 Å². The Kier molecular flexibility index (Phi) is 7.22. The molecule has 1 atom stereocenters. The number of aromatic nitrogens is 2. The van der Waals surface area contributed by atoms with E-state index in [2.05, 4.69) is 4.98 Å². The summed E-state index contributed by atoms with van der Waals surface area (Å²) in [5, 5.41) is 0. The van der Waals surface area contributed by atoms with Crippen molar-refractivity contribution in [2.24, 2.45) is 5.92 Å². The number of ether oxygens (including phenoxy) is 3. The third-order valence-electron chi connectivity index (χ3n) is 7.05. The Morgan fingerprint density at radius 3 is 2.54 bits per heavy atom. The molecule has 8 nitrogen and oxygen atoms in total. The van der Waals surface area contributed by atoms with Crippen LogP contribution >= 0.6 is 0 Å². The second-order valence-corrected chi connectivity index (χ2v) is 11.2. The normalized spacial score (nSPS) is 17.6. The van der Waals surface area contributed by atoms with Crippen molar-refractivity contribution in [3.63, 3.8) is 0 Å². The zero-order chi connectivity index (χ0) is 27.9. The van der Waals surface area contributed by atoms with Gasteiger partial charge in [0.2, 0.25) is 0 Å². The van der Waals surface area contributed by atoms with E-state index < -0.39 is 12.2 Å². The first-order chi connectivity index (χ1) is 18.5. The number of benzene rings is 1. The summed E-state index contributed by atoms with van der Waals surface area (Å²) >= 11 is 0. The minimum Gasteiger partial charge on any atom is -0.496 e. The van der Waals surface area contributed by atoms with Crippen molar-refractivity contribution >= 4 is 17.5 Å². The van der Waals surface area contributed by atoms with E-state index in [9.17, 15) is 18.4 Å². The van der Waals surface area contributed by atoms with E-state index in [-0.39, 0.29) is 47.3 Å². The summed E-state index contributed by atoms with van der Waals surface area (Å²) in [5.41, 5.74) is 2.14. The topological polar surface area (TPSA) is 82.4 Å². The Hall–Kier alpha value is -3.69. The molecular formula is C29H33F2N3O5. The summed E-state index contributed by atoms with van der Waals surface area (Å²) in [6.07, 6.45) is 6.99. The van der Waals surface area contributed by atoms with Gasteiger partial charge in [0, 0.05) is 24.7 Å². The van der Waals surface area contributed by atoms with Gasteiger partial charge in [-0.3, -0.25) is 9.20 Å². The van der Waals surface area contributed by atoms with Gasteiger partial charge in [-0.25, -0.2) is 9.78 Å². The van der Waals surface area contributed by atoms with Crippen LogP contribution in [-0.2, 0) is 4.74 Å². The van der Waals surface area contributed by atoms with Crippen LogP contribution in [0.25, 0.3) is 16.9 Å². The molecule has 1 amide bonds. The molecule has 0 N–H and O–H groups in total. The number of methoxy groups -OCH3 is 1. The second kappa shape index (κ2) is 10.5. The molecule has 1 saturated carbocycles. The molecule has 0 spiro atoms. The standard InChI is InChI=1S/C29H33F2N3O5/c1-29(2,3)39-28(36)34-10-5-6-20(34)18-9-11-33-21(16-32-25(33)15-18)19-13-23(37-4)26(22(35)12-17-7-8-17)24(14-19)38-27(30)31/h9,11,13-17,20,27H,5-8,10,12H2,1-4H3. The Morgan fingerprint density at radius 1 is 1.13 bits per heavy atom. The zero-order valence-electron chi connectivity index (χ0n) is 22.6. The molecule has 10 heteroatoms. The van der Waals surface area contributed by atoms with Crippen LogP contribution in [-0.4, -0.2) is 52.0 Å². The molecule has 0 radical (unpaired) electrons.